The van der Waals surface area contributed by atoms with Crippen molar-refractivity contribution in [3.63, 3.8) is 0 Å². The summed E-state index contributed by atoms with van der Waals surface area (Å²) in [6, 6.07) is 1.73. The van der Waals surface area contributed by atoms with Crippen molar-refractivity contribution in [3.05, 3.63) is 17.5 Å². The van der Waals surface area contributed by atoms with E-state index in [0.29, 0.717) is 31.0 Å². The quantitative estimate of drug-likeness (QED) is 0.693. The molecule has 1 aromatic rings. The summed E-state index contributed by atoms with van der Waals surface area (Å²) in [5.74, 6) is 0.536. The Labute approximate surface area is 99.7 Å². The number of hydrogen-bond donors (Lipinski definition) is 2. The summed E-state index contributed by atoms with van der Waals surface area (Å²) in [6.07, 6.45) is 0.931. The molecule has 0 aliphatic carbocycles. The van der Waals surface area contributed by atoms with Gasteiger partial charge in [-0.25, -0.2) is 0 Å². The topological polar surface area (TPSA) is 84.2 Å². The van der Waals surface area contributed by atoms with Gasteiger partial charge in [0.25, 0.3) is 0 Å². The molecule has 0 aliphatic heterocycles. The number of aromatic nitrogens is 1. The molecule has 0 spiro atoms. The largest absolute Gasteiger partial charge is 0.361 e. The maximum absolute atomic E-state index is 11.4. The summed E-state index contributed by atoms with van der Waals surface area (Å²) in [5, 5.41) is 9.13. The van der Waals surface area contributed by atoms with E-state index in [1.54, 1.807) is 13.0 Å². The molecule has 1 rings (SSSR count). The van der Waals surface area contributed by atoms with E-state index in [2.05, 4.69) is 15.8 Å². The van der Waals surface area contributed by atoms with Crippen LogP contribution in [0.3, 0.4) is 0 Å². The van der Waals surface area contributed by atoms with Crippen molar-refractivity contribution < 1.29 is 14.1 Å². The van der Waals surface area contributed by atoms with Crippen molar-refractivity contribution in [3.8, 4) is 0 Å². The molecule has 0 bridgehead atoms. The maximum Gasteiger partial charge on any atom is 0.226 e. The van der Waals surface area contributed by atoms with E-state index in [1.165, 1.54) is 6.92 Å². The predicted molar refractivity (Wildman–Crippen MR) is 61.3 cm³/mol. The molecule has 2 amide bonds. The number of nitrogens with one attached hydrogen (secondary N) is 2. The summed E-state index contributed by atoms with van der Waals surface area (Å²) in [5.41, 5.74) is 0.627. The molecule has 0 atom stereocenters. The zero-order valence-electron chi connectivity index (χ0n) is 10.1. The van der Waals surface area contributed by atoms with Gasteiger partial charge in [-0.3, -0.25) is 9.59 Å². The summed E-state index contributed by atoms with van der Waals surface area (Å²) in [4.78, 5) is 22.0. The molecule has 0 fully saturated rings. The van der Waals surface area contributed by atoms with Crippen LogP contribution in [-0.4, -0.2) is 30.1 Å². The van der Waals surface area contributed by atoms with Crippen LogP contribution in [0.4, 0.5) is 0 Å². The predicted octanol–water partition coefficient (Wildman–Crippen LogP) is 0.168. The highest BCUT2D eigenvalue weighted by molar-refractivity contribution is 5.78. The Balaban J connectivity index is 2.11. The number of carbonyl (C=O) groups excluding carboxylic acids is 2. The first-order valence-electron chi connectivity index (χ1n) is 5.51. The van der Waals surface area contributed by atoms with E-state index in [1.807, 2.05) is 0 Å². The summed E-state index contributed by atoms with van der Waals surface area (Å²) < 4.78 is 4.86. The van der Waals surface area contributed by atoms with Crippen LogP contribution in [0, 0.1) is 6.92 Å². The normalized spacial score (nSPS) is 10.0. The average Bonchev–Trinajstić information content (AvgIpc) is 2.63. The third-order valence-electron chi connectivity index (χ3n) is 2.07. The van der Waals surface area contributed by atoms with Crippen molar-refractivity contribution in [1.29, 1.82) is 0 Å². The van der Waals surface area contributed by atoms with Crippen LogP contribution >= 0.6 is 0 Å². The Morgan fingerprint density at radius 3 is 2.65 bits per heavy atom. The van der Waals surface area contributed by atoms with Crippen molar-refractivity contribution in [2.45, 2.75) is 26.7 Å². The Morgan fingerprint density at radius 1 is 1.35 bits per heavy atom. The Bertz CT molecular complexity index is 387. The Hall–Kier alpha value is -1.85. The van der Waals surface area contributed by atoms with Crippen LogP contribution in [0.2, 0.25) is 0 Å². The second-order valence-electron chi connectivity index (χ2n) is 3.79. The third-order valence-corrected chi connectivity index (χ3v) is 2.07. The summed E-state index contributed by atoms with van der Waals surface area (Å²) in [6.45, 7) is 4.35. The second kappa shape index (κ2) is 6.67. The molecule has 94 valence electrons. The van der Waals surface area contributed by atoms with Gasteiger partial charge in [0.1, 0.15) is 5.76 Å². The highest BCUT2D eigenvalue weighted by Crippen LogP contribution is 2.01. The lowest BCUT2D eigenvalue weighted by atomic mass is 10.3. The molecule has 1 aromatic heterocycles. The zero-order valence-corrected chi connectivity index (χ0v) is 10.1. The first kappa shape index (κ1) is 13.2. The van der Waals surface area contributed by atoms with E-state index in [4.69, 9.17) is 4.52 Å². The van der Waals surface area contributed by atoms with Gasteiger partial charge in [-0.15, -0.1) is 0 Å². The van der Waals surface area contributed by atoms with Gasteiger partial charge in [0.15, 0.2) is 0 Å². The van der Waals surface area contributed by atoms with Crippen LogP contribution in [0.25, 0.3) is 0 Å². The van der Waals surface area contributed by atoms with E-state index >= 15 is 0 Å². The molecule has 6 nitrogen and oxygen atoms in total. The molecule has 6 heteroatoms. The molecule has 0 aromatic carbocycles. The van der Waals surface area contributed by atoms with Crippen molar-refractivity contribution >= 4 is 11.8 Å². The molecule has 0 radical (unpaired) electrons. The lowest BCUT2D eigenvalue weighted by molar-refractivity contribution is -0.120. The van der Waals surface area contributed by atoms with Crippen molar-refractivity contribution in [2.75, 3.05) is 13.1 Å². The maximum atomic E-state index is 11.4. The lowest BCUT2D eigenvalue weighted by Crippen LogP contribution is -2.29. The van der Waals surface area contributed by atoms with Gasteiger partial charge in [-0.2, -0.15) is 0 Å². The van der Waals surface area contributed by atoms with Crippen LogP contribution < -0.4 is 10.6 Å². The van der Waals surface area contributed by atoms with Crippen LogP contribution in [-0.2, 0) is 16.0 Å². The van der Waals surface area contributed by atoms with E-state index in [9.17, 15) is 9.59 Å². The van der Waals surface area contributed by atoms with Crippen LogP contribution in [0.5, 0.6) is 0 Å². The monoisotopic (exact) mass is 239 g/mol. The highest BCUT2D eigenvalue weighted by Gasteiger charge is 2.06. The number of rotatable bonds is 6. The Kier molecular flexibility index (Phi) is 5.19. The fourth-order valence-electron chi connectivity index (χ4n) is 1.31. The second-order valence-corrected chi connectivity index (χ2v) is 3.79. The summed E-state index contributed by atoms with van der Waals surface area (Å²) >= 11 is 0. The zero-order chi connectivity index (χ0) is 12.7. The van der Waals surface area contributed by atoms with Crippen LogP contribution in [0.15, 0.2) is 10.6 Å². The molecular weight excluding hydrogens is 222 g/mol. The molecule has 0 unspecified atom stereocenters. The van der Waals surface area contributed by atoms with Crippen molar-refractivity contribution in [1.82, 2.24) is 15.8 Å². The minimum absolute atomic E-state index is 0.0607. The van der Waals surface area contributed by atoms with Crippen LogP contribution in [0.1, 0.15) is 24.8 Å². The van der Waals surface area contributed by atoms with Gasteiger partial charge in [-0.05, 0) is 13.3 Å². The highest BCUT2D eigenvalue weighted by atomic mass is 16.5. The van der Waals surface area contributed by atoms with Gasteiger partial charge in [0.2, 0.25) is 11.8 Å². The lowest BCUT2D eigenvalue weighted by Gasteiger charge is -2.04. The van der Waals surface area contributed by atoms with Gasteiger partial charge >= 0.3 is 0 Å². The minimum atomic E-state index is -0.0962. The number of aryl methyl sites for hydroxylation is 1. The van der Waals surface area contributed by atoms with Gasteiger partial charge in [0, 0.05) is 26.1 Å². The SMILES string of the molecule is CC(=O)NCCCNC(=O)Cc1cc(C)on1. The first-order chi connectivity index (χ1) is 8.08. The number of hydrogen-bond acceptors (Lipinski definition) is 4. The molecule has 0 saturated carbocycles. The van der Waals surface area contributed by atoms with E-state index in [-0.39, 0.29) is 18.2 Å². The minimum Gasteiger partial charge on any atom is -0.361 e. The first-order valence-corrected chi connectivity index (χ1v) is 5.51. The van der Waals surface area contributed by atoms with Gasteiger partial charge in [0.05, 0.1) is 12.1 Å². The standard InChI is InChI=1S/C11H17N3O3/c1-8-6-10(14-17-8)7-11(16)13-5-3-4-12-9(2)15/h6H,3-5,7H2,1-2H3,(H,12,15)(H,13,16). The fourth-order valence-corrected chi connectivity index (χ4v) is 1.31. The smallest absolute Gasteiger partial charge is 0.226 e. The molecule has 2 N–H and O–H groups in total. The molecular formula is C11H17N3O3. The van der Waals surface area contributed by atoms with Crippen molar-refractivity contribution in [2.24, 2.45) is 0 Å². The molecule has 17 heavy (non-hydrogen) atoms. The van der Waals surface area contributed by atoms with Gasteiger partial charge < -0.3 is 15.2 Å². The van der Waals surface area contributed by atoms with Gasteiger partial charge in [-0.1, -0.05) is 5.16 Å². The third kappa shape index (κ3) is 5.70. The number of amides is 2. The summed E-state index contributed by atoms with van der Waals surface area (Å²) in [7, 11) is 0. The van der Waals surface area contributed by atoms with E-state index < -0.39 is 0 Å². The number of nitrogens with zero attached hydrogens (tertiary/aromatic N) is 1. The molecule has 0 aliphatic rings. The molecule has 1 heterocycles. The Morgan fingerprint density at radius 2 is 2.06 bits per heavy atom. The number of carbonyl (C=O) groups is 2. The molecule has 0 saturated heterocycles. The average molecular weight is 239 g/mol. The fraction of sp³-hybridized carbons (Fsp3) is 0.545. The van der Waals surface area contributed by atoms with E-state index in [0.717, 1.165) is 0 Å².